The average Bonchev–Trinajstić information content (AvgIpc) is 3.32. The van der Waals surface area contributed by atoms with E-state index in [1.54, 1.807) is 0 Å². The minimum Gasteiger partial charge on any atom is -0.320 e. The third kappa shape index (κ3) is 3.01. The fourth-order valence-electron chi connectivity index (χ4n) is 1.90. The molecule has 21 heavy (non-hydrogen) atoms. The van der Waals surface area contributed by atoms with Gasteiger partial charge in [0.05, 0.1) is 11.3 Å². The quantitative estimate of drug-likeness (QED) is 0.940. The van der Waals surface area contributed by atoms with E-state index >= 15 is 0 Å². The Kier molecular flexibility index (Phi) is 3.55. The van der Waals surface area contributed by atoms with Crippen LogP contribution in [0.3, 0.4) is 0 Å². The van der Waals surface area contributed by atoms with Gasteiger partial charge in [-0.25, -0.2) is 18.7 Å². The molecule has 1 aliphatic rings. The first-order valence-corrected chi connectivity index (χ1v) is 6.51. The fourth-order valence-corrected chi connectivity index (χ4v) is 1.90. The van der Waals surface area contributed by atoms with Crippen molar-refractivity contribution >= 4 is 11.6 Å². The lowest BCUT2D eigenvalue weighted by Gasteiger charge is -2.09. The summed E-state index contributed by atoms with van der Waals surface area (Å²) in [4.78, 5) is 23.8. The maximum absolute atomic E-state index is 12.8. The van der Waals surface area contributed by atoms with Crippen molar-refractivity contribution in [1.29, 1.82) is 0 Å². The van der Waals surface area contributed by atoms with Crippen molar-refractivity contribution in [3.8, 4) is 0 Å². The van der Waals surface area contributed by atoms with Crippen LogP contribution < -0.4 is 5.32 Å². The summed E-state index contributed by atoms with van der Waals surface area (Å²) in [6.45, 7) is 0. The minimum atomic E-state index is -2.75. The standard InChI is InChI=1S/C14H12F2N4O/c15-12(16)11-10(2-1-5-17-11)20-14(21)9-6-18-13(19-7-9)8-3-4-8/h1-2,5-8,12H,3-4H2,(H,20,21). The third-order valence-electron chi connectivity index (χ3n) is 3.17. The summed E-state index contributed by atoms with van der Waals surface area (Å²) in [5, 5.41) is 2.41. The molecule has 3 rings (SSSR count). The summed E-state index contributed by atoms with van der Waals surface area (Å²) in [6, 6.07) is 2.86. The Bertz CT molecular complexity index is 656. The zero-order chi connectivity index (χ0) is 14.8. The second-order valence-electron chi connectivity index (χ2n) is 4.80. The predicted molar refractivity (Wildman–Crippen MR) is 71.2 cm³/mol. The molecule has 108 valence electrons. The smallest absolute Gasteiger partial charge is 0.282 e. The van der Waals surface area contributed by atoms with E-state index in [4.69, 9.17) is 0 Å². The lowest BCUT2D eigenvalue weighted by molar-refractivity contribution is 0.102. The summed E-state index contributed by atoms with van der Waals surface area (Å²) < 4.78 is 25.6. The first-order valence-electron chi connectivity index (χ1n) is 6.51. The van der Waals surface area contributed by atoms with Gasteiger partial charge in [0.25, 0.3) is 12.3 Å². The molecule has 0 unspecified atom stereocenters. The highest BCUT2D eigenvalue weighted by Crippen LogP contribution is 2.37. The number of alkyl halides is 2. The Morgan fingerprint density at radius 2 is 1.95 bits per heavy atom. The normalized spacial score (nSPS) is 14.2. The number of pyridine rings is 1. The van der Waals surface area contributed by atoms with E-state index in [1.165, 1.54) is 30.7 Å². The van der Waals surface area contributed by atoms with Crippen LogP contribution >= 0.6 is 0 Å². The Morgan fingerprint density at radius 3 is 2.57 bits per heavy atom. The largest absolute Gasteiger partial charge is 0.320 e. The molecule has 0 aromatic carbocycles. The molecule has 0 aliphatic heterocycles. The number of carbonyl (C=O) groups excluding carboxylic acids is 1. The van der Waals surface area contributed by atoms with Crippen LogP contribution in [0.15, 0.2) is 30.7 Å². The van der Waals surface area contributed by atoms with Crippen LogP contribution in [0.2, 0.25) is 0 Å². The van der Waals surface area contributed by atoms with Gasteiger partial charge in [-0.15, -0.1) is 0 Å². The number of amides is 1. The summed E-state index contributed by atoms with van der Waals surface area (Å²) in [7, 11) is 0. The zero-order valence-electron chi connectivity index (χ0n) is 11.0. The van der Waals surface area contributed by atoms with E-state index in [-0.39, 0.29) is 11.3 Å². The predicted octanol–water partition coefficient (Wildman–Crippen LogP) is 2.94. The van der Waals surface area contributed by atoms with Gasteiger partial charge in [-0.05, 0) is 25.0 Å². The first kappa shape index (κ1) is 13.5. The highest BCUT2D eigenvalue weighted by molar-refractivity contribution is 6.04. The Hall–Kier alpha value is -2.44. The molecule has 1 aliphatic carbocycles. The topological polar surface area (TPSA) is 67.8 Å². The average molecular weight is 290 g/mol. The fraction of sp³-hybridized carbons (Fsp3) is 0.286. The van der Waals surface area contributed by atoms with Crippen LogP contribution in [-0.4, -0.2) is 20.9 Å². The van der Waals surface area contributed by atoms with Gasteiger partial charge in [0.15, 0.2) is 0 Å². The lowest BCUT2D eigenvalue weighted by Crippen LogP contribution is -2.15. The molecule has 5 nitrogen and oxygen atoms in total. The number of hydrogen-bond acceptors (Lipinski definition) is 4. The molecular formula is C14H12F2N4O. The maximum Gasteiger partial charge on any atom is 0.282 e. The molecule has 2 heterocycles. The van der Waals surface area contributed by atoms with Crippen LogP contribution in [0.5, 0.6) is 0 Å². The summed E-state index contributed by atoms with van der Waals surface area (Å²) >= 11 is 0. The van der Waals surface area contributed by atoms with Crippen molar-refractivity contribution in [2.75, 3.05) is 5.32 Å². The molecule has 2 aromatic heterocycles. The second-order valence-corrected chi connectivity index (χ2v) is 4.80. The van der Waals surface area contributed by atoms with Crippen LogP contribution in [0.25, 0.3) is 0 Å². The van der Waals surface area contributed by atoms with Gasteiger partial charge in [0.1, 0.15) is 11.5 Å². The van der Waals surface area contributed by atoms with Gasteiger partial charge in [-0.3, -0.25) is 9.78 Å². The molecule has 0 bridgehead atoms. The van der Waals surface area contributed by atoms with Gasteiger partial charge >= 0.3 is 0 Å². The second kappa shape index (κ2) is 5.51. The number of hydrogen-bond donors (Lipinski definition) is 1. The third-order valence-corrected chi connectivity index (χ3v) is 3.17. The highest BCUT2D eigenvalue weighted by atomic mass is 19.3. The molecule has 1 N–H and O–H groups in total. The Labute approximate surface area is 119 Å². The number of nitrogens with zero attached hydrogens (tertiary/aromatic N) is 3. The number of rotatable bonds is 4. The number of anilines is 1. The Morgan fingerprint density at radius 1 is 1.24 bits per heavy atom. The number of aromatic nitrogens is 3. The maximum atomic E-state index is 12.8. The first-order chi connectivity index (χ1) is 10.1. The van der Waals surface area contributed by atoms with Crippen molar-refractivity contribution in [1.82, 2.24) is 15.0 Å². The van der Waals surface area contributed by atoms with Crippen LogP contribution in [0, 0.1) is 0 Å². The SMILES string of the molecule is O=C(Nc1cccnc1C(F)F)c1cnc(C2CC2)nc1. The zero-order valence-corrected chi connectivity index (χ0v) is 11.0. The van der Waals surface area contributed by atoms with Crippen molar-refractivity contribution in [2.24, 2.45) is 0 Å². The van der Waals surface area contributed by atoms with Gasteiger partial charge in [-0.2, -0.15) is 0 Å². The van der Waals surface area contributed by atoms with Crippen molar-refractivity contribution in [3.63, 3.8) is 0 Å². The van der Waals surface area contributed by atoms with E-state index in [0.29, 0.717) is 5.92 Å². The lowest BCUT2D eigenvalue weighted by atomic mass is 10.2. The Balaban J connectivity index is 1.76. The van der Waals surface area contributed by atoms with Crippen LogP contribution in [0.1, 0.15) is 47.1 Å². The van der Waals surface area contributed by atoms with Crippen LogP contribution in [0.4, 0.5) is 14.5 Å². The summed E-state index contributed by atoms with van der Waals surface area (Å²) in [5.41, 5.74) is -0.242. The molecule has 1 amide bonds. The number of halogens is 2. The van der Waals surface area contributed by atoms with E-state index in [1.807, 2.05) is 0 Å². The van der Waals surface area contributed by atoms with Gasteiger partial charge in [-0.1, -0.05) is 0 Å². The van der Waals surface area contributed by atoms with Gasteiger partial charge in [0.2, 0.25) is 0 Å². The van der Waals surface area contributed by atoms with Crippen LogP contribution in [-0.2, 0) is 0 Å². The minimum absolute atomic E-state index is 0.0104. The number of nitrogens with one attached hydrogen (secondary N) is 1. The molecule has 1 fully saturated rings. The molecule has 0 radical (unpaired) electrons. The van der Waals surface area contributed by atoms with Gasteiger partial charge in [0, 0.05) is 24.5 Å². The van der Waals surface area contributed by atoms with Crippen molar-refractivity contribution in [3.05, 3.63) is 47.8 Å². The molecule has 0 atom stereocenters. The molecular weight excluding hydrogens is 278 g/mol. The summed E-state index contributed by atoms with van der Waals surface area (Å²) in [6.07, 6.45) is 3.46. The molecule has 7 heteroatoms. The molecule has 0 saturated heterocycles. The van der Waals surface area contributed by atoms with Crippen molar-refractivity contribution < 1.29 is 13.6 Å². The molecule has 1 saturated carbocycles. The highest BCUT2D eigenvalue weighted by Gasteiger charge is 2.26. The van der Waals surface area contributed by atoms with E-state index < -0.39 is 18.0 Å². The molecule has 0 spiro atoms. The van der Waals surface area contributed by atoms with Gasteiger partial charge < -0.3 is 5.32 Å². The van der Waals surface area contributed by atoms with E-state index in [9.17, 15) is 13.6 Å². The summed E-state index contributed by atoms with van der Waals surface area (Å²) in [5.74, 6) is 0.583. The number of carbonyl (C=O) groups is 1. The van der Waals surface area contributed by atoms with Crippen molar-refractivity contribution in [2.45, 2.75) is 25.2 Å². The van der Waals surface area contributed by atoms with E-state index in [0.717, 1.165) is 18.7 Å². The monoisotopic (exact) mass is 290 g/mol. The van der Waals surface area contributed by atoms with E-state index in [2.05, 4.69) is 20.3 Å². The molecule has 2 aromatic rings.